The molecule has 158 valence electrons. The predicted molar refractivity (Wildman–Crippen MR) is 121 cm³/mol. The van der Waals surface area contributed by atoms with Crippen molar-refractivity contribution in [3.8, 4) is 17.0 Å². The third-order valence-corrected chi connectivity index (χ3v) is 5.82. The van der Waals surface area contributed by atoms with Gasteiger partial charge in [0.05, 0.1) is 34.0 Å². The van der Waals surface area contributed by atoms with Crippen molar-refractivity contribution in [3.05, 3.63) is 58.0 Å². The number of non-ortho nitro benzene ring substituents is 1. The molecule has 0 bridgehead atoms. The van der Waals surface area contributed by atoms with Gasteiger partial charge >= 0.3 is 0 Å². The van der Waals surface area contributed by atoms with Crippen LogP contribution in [0.25, 0.3) is 22.3 Å². The number of amides is 1. The van der Waals surface area contributed by atoms with Gasteiger partial charge in [-0.15, -0.1) is 11.3 Å². The number of anilines is 1. The fourth-order valence-electron chi connectivity index (χ4n) is 2.82. The lowest BCUT2D eigenvalue weighted by Crippen LogP contribution is -2.13. The monoisotopic (exact) mass is 455 g/mol. The Hall–Kier alpha value is -3.44. The standard InChI is InChI=1S/C20H17N5O4S2/c1-2-29-14-6-7-15-16(9-14)22-19(21-15)31-11-18(26)24-20-23-17(10-30-20)12-4-3-5-13(8-12)25(27)28/h3-10H,2,11H2,1H3,(H,21,22)(H,23,24,26). The number of carbonyl (C=O) groups is 1. The smallest absolute Gasteiger partial charge is 0.270 e. The van der Waals surface area contributed by atoms with E-state index in [4.69, 9.17) is 4.74 Å². The number of aromatic amines is 1. The lowest BCUT2D eigenvalue weighted by molar-refractivity contribution is -0.384. The van der Waals surface area contributed by atoms with Crippen molar-refractivity contribution in [1.29, 1.82) is 0 Å². The van der Waals surface area contributed by atoms with Gasteiger partial charge in [0.1, 0.15) is 5.75 Å². The van der Waals surface area contributed by atoms with Crippen LogP contribution in [0.4, 0.5) is 10.8 Å². The summed E-state index contributed by atoms with van der Waals surface area (Å²) in [6.45, 7) is 2.51. The van der Waals surface area contributed by atoms with Gasteiger partial charge in [-0.3, -0.25) is 14.9 Å². The number of fused-ring (bicyclic) bond motifs is 1. The van der Waals surface area contributed by atoms with Gasteiger partial charge < -0.3 is 15.0 Å². The van der Waals surface area contributed by atoms with E-state index in [-0.39, 0.29) is 17.3 Å². The second-order valence-corrected chi connectivity index (χ2v) is 8.16. The Morgan fingerprint density at radius 1 is 1.29 bits per heavy atom. The number of thiazole rings is 1. The molecule has 4 rings (SSSR count). The second kappa shape index (κ2) is 9.14. The minimum atomic E-state index is -0.453. The van der Waals surface area contributed by atoms with E-state index in [0.29, 0.717) is 28.2 Å². The first-order chi connectivity index (χ1) is 15.0. The number of nitro benzene ring substituents is 1. The molecule has 31 heavy (non-hydrogen) atoms. The van der Waals surface area contributed by atoms with E-state index in [0.717, 1.165) is 16.8 Å². The molecule has 0 saturated carbocycles. The van der Waals surface area contributed by atoms with Crippen LogP contribution in [0.1, 0.15) is 6.92 Å². The minimum Gasteiger partial charge on any atom is -0.494 e. The molecule has 0 unspecified atom stereocenters. The summed E-state index contributed by atoms with van der Waals surface area (Å²) in [4.78, 5) is 34.8. The largest absolute Gasteiger partial charge is 0.494 e. The summed E-state index contributed by atoms with van der Waals surface area (Å²) in [7, 11) is 0. The molecule has 2 N–H and O–H groups in total. The summed E-state index contributed by atoms with van der Waals surface area (Å²) in [6.07, 6.45) is 0. The Balaban J connectivity index is 1.37. The van der Waals surface area contributed by atoms with Crippen molar-refractivity contribution < 1.29 is 14.5 Å². The summed E-state index contributed by atoms with van der Waals surface area (Å²) in [6, 6.07) is 11.8. The highest BCUT2D eigenvalue weighted by molar-refractivity contribution is 7.99. The van der Waals surface area contributed by atoms with Crippen molar-refractivity contribution in [3.63, 3.8) is 0 Å². The number of imidazole rings is 1. The number of nitrogens with one attached hydrogen (secondary N) is 2. The topological polar surface area (TPSA) is 123 Å². The Bertz CT molecular complexity index is 1250. The van der Waals surface area contributed by atoms with Crippen LogP contribution < -0.4 is 10.1 Å². The fraction of sp³-hybridized carbons (Fsp3) is 0.150. The molecule has 1 amide bonds. The molecule has 2 aromatic carbocycles. The van der Waals surface area contributed by atoms with Gasteiger partial charge in [-0.1, -0.05) is 23.9 Å². The highest BCUT2D eigenvalue weighted by atomic mass is 32.2. The molecular formula is C20H17N5O4S2. The van der Waals surface area contributed by atoms with E-state index in [9.17, 15) is 14.9 Å². The minimum absolute atomic E-state index is 0.00769. The SMILES string of the molecule is CCOc1ccc2nc(SCC(=O)Nc3nc(-c4cccc([N+](=O)[O-])c4)cs3)[nH]c2c1. The molecule has 0 spiro atoms. The lowest BCUT2D eigenvalue weighted by atomic mass is 10.1. The number of nitrogens with zero attached hydrogens (tertiary/aromatic N) is 3. The van der Waals surface area contributed by atoms with Crippen LogP contribution >= 0.6 is 23.1 Å². The molecule has 0 aliphatic carbocycles. The molecule has 11 heteroatoms. The molecular weight excluding hydrogens is 438 g/mol. The number of benzene rings is 2. The zero-order valence-corrected chi connectivity index (χ0v) is 18.0. The summed E-state index contributed by atoms with van der Waals surface area (Å²) in [5, 5.41) is 16.5. The number of aromatic nitrogens is 3. The van der Waals surface area contributed by atoms with E-state index in [1.165, 1.54) is 35.2 Å². The fourth-order valence-corrected chi connectivity index (χ4v) is 4.24. The van der Waals surface area contributed by atoms with Gasteiger partial charge in [-0.2, -0.15) is 0 Å². The van der Waals surface area contributed by atoms with Crippen LogP contribution in [0.2, 0.25) is 0 Å². The summed E-state index contributed by atoms with van der Waals surface area (Å²) in [5.41, 5.74) is 2.82. The van der Waals surface area contributed by atoms with Gasteiger partial charge in [-0.25, -0.2) is 9.97 Å². The van der Waals surface area contributed by atoms with Crippen LogP contribution in [0, 0.1) is 10.1 Å². The molecule has 0 radical (unpaired) electrons. The number of carbonyl (C=O) groups excluding carboxylic acids is 1. The van der Waals surface area contributed by atoms with Gasteiger partial charge in [-0.05, 0) is 19.1 Å². The molecule has 0 aliphatic rings. The molecule has 0 aliphatic heterocycles. The summed E-state index contributed by atoms with van der Waals surface area (Å²) < 4.78 is 5.48. The van der Waals surface area contributed by atoms with Crippen LogP contribution in [-0.4, -0.2) is 38.1 Å². The van der Waals surface area contributed by atoms with Gasteiger partial charge in [0.15, 0.2) is 10.3 Å². The maximum Gasteiger partial charge on any atom is 0.270 e. The van der Waals surface area contributed by atoms with Crippen molar-refractivity contribution in [2.75, 3.05) is 17.7 Å². The number of nitro groups is 1. The number of thioether (sulfide) groups is 1. The highest BCUT2D eigenvalue weighted by Crippen LogP contribution is 2.28. The molecule has 0 atom stereocenters. The van der Waals surface area contributed by atoms with E-state index in [2.05, 4.69) is 20.3 Å². The first-order valence-corrected chi connectivity index (χ1v) is 11.1. The Kier molecular flexibility index (Phi) is 6.14. The van der Waals surface area contributed by atoms with Crippen LogP contribution in [0.3, 0.4) is 0 Å². The number of hydrogen-bond acceptors (Lipinski definition) is 8. The van der Waals surface area contributed by atoms with Crippen LogP contribution in [0.15, 0.2) is 53.0 Å². The molecule has 9 nitrogen and oxygen atoms in total. The summed E-state index contributed by atoms with van der Waals surface area (Å²) in [5.74, 6) is 0.695. The Morgan fingerprint density at radius 3 is 2.97 bits per heavy atom. The van der Waals surface area contributed by atoms with Gasteiger partial charge in [0.25, 0.3) is 5.69 Å². The number of ether oxygens (including phenoxy) is 1. The van der Waals surface area contributed by atoms with Crippen LogP contribution in [-0.2, 0) is 4.79 Å². The first-order valence-electron chi connectivity index (χ1n) is 9.27. The van der Waals surface area contributed by atoms with Gasteiger partial charge in [0.2, 0.25) is 5.91 Å². The average Bonchev–Trinajstić information content (AvgIpc) is 3.39. The zero-order valence-electron chi connectivity index (χ0n) is 16.3. The van der Waals surface area contributed by atoms with E-state index >= 15 is 0 Å². The number of rotatable bonds is 8. The van der Waals surface area contributed by atoms with Crippen molar-refractivity contribution in [2.24, 2.45) is 0 Å². The average molecular weight is 456 g/mol. The molecule has 0 fully saturated rings. The predicted octanol–water partition coefficient (Wildman–Crippen LogP) is 4.72. The first kappa shape index (κ1) is 20.8. The Morgan fingerprint density at radius 2 is 2.16 bits per heavy atom. The normalized spacial score (nSPS) is 10.9. The van der Waals surface area contributed by atoms with E-state index in [1.807, 2.05) is 25.1 Å². The third-order valence-electron chi connectivity index (χ3n) is 4.19. The zero-order chi connectivity index (χ0) is 21.8. The lowest BCUT2D eigenvalue weighted by Gasteiger charge is -2.01. The van der Waals surface area contributed by atoms with Gasteiger partial charge in [0, 0.05) is 29.1 Å². The van der Waals surface area contributed by atoms with E-state index in [1.54, 1.807) is 17.5 Å². The Labute approximate surface area is 185 Å². The van der Waals surface area contributed by atoms with Crippen molar-refractivity contribution >= 4 is 50.9 Å². The van der Waals surface area contributed by atoms with Crippen molar-refractivity contribution in [2.45, 2.75) is 12.1 Å². The maximum absolute atomic E-state index is 12.3. The molecule has 2 aromatic heterocycles. The molecule has 4 aromatic rings. The van der Waals surface area contributed by atoms with E-state index < -0.39 is 4.92 Å². The number of hydrogen-bond donors (Lipinski definition) is 2. The molecule has 0 saturated heterocycles. The highest BCUT2D eigenvalue weighted by Gasteiger charge is 2.13. The maximum atomic E-state index is 12.3. The quantitative estimate of drug-likeness (QED) is 0.224. The van der Waals surface area contributed by atoms with Crippen molar-refractivity contribution in [1.82, 2.24) is 15.0 Å². The van der Waals surface area contributed by atoms with Crippen LogP contribution in [0.5, 0.6) is 5.75 Å². The molecule has 2 heterocycles. The third kappa shape index (κ3) is 5.01. The summed E-state index contributed by atoms with van der Waals surface area (Å²) >= 11 is 2.54. The second-order valence-electron chi connectivity index (χ2n) is 6.34. The number of H-pyrrole nitrogens is 1.